The average molecular weight is 419 g/mol. The lowest BCUT2D eigenvalue weighted by molar-refractivity contribution is -0.141. The van der Waals surface area contributed by atoms with Crippen molar-refractivity contribution in [3.05, 3.63) is 42.0 Å². The fourth-order valence-electron chi connectivity index (χ4n) is 2.87. The van der Waals surface area contributed by atoms with E-state index in [-0.39, 0.29) is 6.54 Å². The molecule has 2 rings (SSSR count). The van der Waals surface area contributed by atoms with Crippen molar-refractivity contribution < 1.29 is 28.5 Å². The van der Waals surface area contributed by atoms with E-state index < -0.39 is 23.7 Å². The van der Waals surface area contributed by atoms with Gasteiger partial charge in [-0.25, -0.2) is 9.78 Å². The van der Waals surface area contributed by atoms with Gasteiger partial charge in [-0.1, -0.05) is 6.07 Å². The zero-order chi connectivity index (χ0) is 22.3. The summed E-state index contributed by atoms with van der Waals surface area (Å²) in [6.45, 7) is 5.33. The standard InChI is InChI=1S/C21H29N3O6/c1-21(2,3)30-20(26)23-15(19-22-9-10-24(19)13-18(25)29-6)11-14-7-8-16(27-4)17(12-14)28-5/h7-10,12,15H,11,13H2,1-6H3,(H,23,26). The van der Waals surface area contributed by atoms with Crippen LogP contribution in [-0.4, -0.2) is 48.5 Å². The van der Waals surface area contributed by atoms with Gasteiger partial charge in [0.25, 0.3) is 0 Å². The normalized spacial score (nSPS) is 12.1. The van der Waals surface area contributed by atoms with Crippen LogP contribution in [0.2, 0.25) is 0 Å². The predicted molar refractivity (Wildman–Crippen MR) is 110 cm³/mol. The van der Waals surface area contributed by atoms with Gasteiger partial charge in [-0.2, -0.15) is 0 Å². The van der Waals surface area contributed by atoms with Gasteiger partial charge in [0.15, 0.2) is 11.5 Å². The second-order valence-electron chi connectivity index (χ2n) is 7.58. The van der Waals surface area contributed by atoms with Gasteiger partial charge < -0.3 is 28.8 Å². The van der Waals surface area contributed by atoms with Crippen LogP contribution in [0.1, 0.15) is 38.2 Å². The highest BCUT2D eigenvalue weighted by Crippen LogP contribution is 2.29. The molecule has 1 aromatic carbocycles. The van der Waals surface area contributed by atoms with E-state index in [1.807, 2.05) is 12.1 Å². The number of nitrogens with one attached hydrogen (secondary N) is 1. The molecular formula is C21H29N3O6. The molecule has 0 bridgehead atoms. The number of alkyl carbamates (subject to hydrolysis) is 1. The molecule has 2 aromatic rings. The minimum Gasteiger partial charge on any atom is -0.493 e. The maximum absolute atomic E-state index is 12.5. The van der Waals surface area contributed by atoms with Gasteiger partial charge in [-0.15, -0.1) is 0 Å². The quantitative estimate of drug-likeness (QED) is 0.657. The van der Waals surface area contributed by atoms with Gasteiger partial charge in [-0.3, -0.25) is 4.79 Å². The Kier molecular flexibility index (Phi) is 7.68. The number of nitrogens with zero attached hydrogens (tertiary/aromatic N) is 2. The highest BCUT2D eigenvalue weighted by atomic mass is 16.6. The Balaban J connectivity index is 2.34. The summed E-state index contributed by atoms with van der Waals surface area (Å²) in [5, 5.41) is 2.85. The van der Waals surface area contributed by atoms with Crippen LogP contribution in [0.3, 0.4) is 0 Å². The van der Waals surface area contributed by atoms with E-state index in [0.717, 1.165) is 5.56 Å². The molecule has 0 aliphatic carbocycles. The van der Waals surface area contributed by atoms with E-state index in [4.69, 9.17) is 18.9 Å². The summed E-state index contributed by atoms with van der Waals surface area (Å²) in [6, 6.07) is 4.94. The van der Waals surface area contributed by atoms with Crippen molar-refractivity contribution in [1.82, 2.24) is 14.9 Å². The fraction of sp³-hybridized carbons (Fsp3) is 0.476. The number of amides is 1. The third-order valence-corrected chi connectivity index (χ3v) is 4.17. The van der Waals surface area contributed by atoms with E-state index in [0.29, 0.717) is 23.7 Å². The topological polar surface area (TPSA) is 101 Å². The molecule has 9 heteroatoms. The number of imidazole rings is 1. The first-order valence-corrected chi connectivity index (χ1v) is 9.45. The predicted octanol–water partition coefficient (Wildman–Crippen LogP) is 2.88. The Morgan fingerprint density at radius 3 is 2.43 bits per heavy atom. The highest BCUT2D eigenvalue weighted by Gasteiger charge is 2.25. The van der Waals surface area contributed by atoms with Crippen molar-refractivity contribution in [2.24, 2.45) is 0 Å². The van der Waals surface area contributed by atoms with Crippen molar-refractivity contribution in [3.63, 3.8) is 0 Å². The highest BCUT2D eigenvalue weighted by molar-refractivity contribution is 5.69. The number of carbonyl (C=O) groups excluding carboxylic acids is 2. The molecule has 0 aliphatic heterocycles. The lowest BCUT2D eigenvalue weighted by atomic mass is 10.0. The molecule has 0 spiro atoms. The Morgan fingerprint density at radius 2 is 1.83 bits per heavy atom. The Labute approximate surface area is 176 Å². The van der Waals surface area contributed by atoms with Crippen molar-refractivity contribution in [1.29, 1.82) is 0 Å². The molecule has 0 saturated carbocycles. The van der Waals surface area contributed by atoms with Gasteiger partial charge in [0, 0.05) is 18.8 Å². The van der Waals surface area contributed by atoms with Crippen LogP contribution in [0.15, 0.2) is 30.6 Å². The van der Waals surface area contributed by atoms with E-state index in [1.54, 1.807) is 58.0 Å². The molecule has 1 aromatic heterocycles. The molecular weight excluding hydrogens is 390 g/mol. The van der Waals surface area contributed by atoms with Gasteiger partial charge in [0.05, 0.1) is 27.4 Å². The fourth-order valence-corrected chi connectivity index (χ4v) is 2.87. The van der Waals surface area contributed by atoms with Crippen molar-refractivity contribution in [3.8, 4) is 11.5 Å². The molecule has 1 amide bonds. The molecule has 164 valence electrons. The molecule has 9 nitrogen and oxygen atoms in total. The average Bonchev–Trinajstić information content (AvgIpc) is 3.13. The molecule has 1 unspecified atom stereocenters. The maximum Gasteiger partial charge on any atom is 0.408 e. The second-order valence-corrected chi connectivity index (χ2v) is 7.58. The Bertz CT molecular complexity index is 872. The third-order valence-electron chi connectivity index (χ3n) is 4.17. The van der Waals surface area contributed by atoms with Crippen LogP contribution in [0.25, 0.3) is 0 Å². The molecule has 1 N–H and O–H groups in total. The zero-order valence-electron chi connectivity index (χ0n) is 18.2. The van der Waals surface area contributed by atoms with Crippen LogP contribution in [-0.2, 0) is 27.2 Å². The van der Waals surface area contributed by atoms with Crippen molar-refractivity contribution in [2.75, 3.05) is 21.3 Å². The zero-order valence-corrected chi connectivity index (χ0v) is 18.2. The largest absolute Gasteiger partial charge is 0.493 e. The first kappa shape index (κ1) is 23.1. The Hall–Kier alpha value is -3.23. The maximum atomic E-state index is 12.5. The van der Waals surface area contributed by atoms with Gasteiger partial charge in [0.2, 0.25) is 0 Å². The van der Waals surface area contributed by atoms with Crippen LogP contribution in [0, 0.1) is 0 Å². The first-order chi connectivity index (χ1) is 14.2. The SMILES string of the molecule is COC(=O)Cn1ccnc1C(Cc1ccc(OC)c(OC)c1)NC(=O)OC(C)(C)C. The van der Waals surface area contributed by atoms with E-state index in [2.05, 4.69) is 10.3 Å². The number of ether oxygens (including phenoxy) is 4. The number of methoxy groups -OCH3 is 3. The number of hydrogen-bond acceptors (Lipinski definition) is 7. The summed E-state index contributed by atoms with van der Waals surface area (Å²) >= 11 is 0. The summed E-state index contributed by atoms with van der Waals surface area (Å²) in [5.41, 5.74) is 0.223. The minimum absolute atomic E-state index is 0.0235. The number of esters is 1. The van der Waals surface area contributed by atoms with E-state index in [9.17, 15) is 9.59 Å². The summed E-state index contributed by atoms with van der Waals surface area (Å²) in [6.07, 6.45) is 3.03. The van der Waals surface area contributed by atoms with Crippen molar-refractivity contribution >= 4 is 12.1 Å². The smallest absolute Gasteiger partial charge is 0.408 e. The van der Waals surface area contributed by atoms with Gasteiger partial charge in [-0.05, 0) is 38.5 Å². The van der Waals surface area contributed by atoms with Gasteiger partial charge in [0.1, 0.15) is 18.0 Å². The van der Waals surface area contributed by atoms with Gasteiger partial charge >= 0.3 is 12.1 Å². The molecule has 1 heterocycles. The Morgan fingerprint density at radius 1 is 1.13 bits per heavy atom. The second kappa shape index (κ2) is 10.00. The lowest BCUT2D eigenvalue weighted by Gasteiger charge is -2.24. The van der Waals surface area contributed by atoms with Crippen LogP contribution < -0.4 is 14.8 Å². The number of rotatable bonds is 8. The summed E-state index contributed by atoms with van der Waals surface area (Å²) in [7, 11) is 4.44. The molecule has 0 radical (unpaired) electrons. The molecule has 0 fully saturated rings. The summed E-state index contributed by atoms with van der Waals surface area (Å²) in [4.78, 5) is 28.6. The monoisotopic (exact) mass is 419 g/mol. The van der Waals surface area contributed by atoms with Crippen LogP contribution >= 0.6 is 0 Å². The molecule has 30 heavy (non-hydrogen) atoms. The minimum atomic E-state index is -0.653. The number of benzene rings is 1. The molecule has 0 aliphatic rings. The summed E-state index contributed by atoms with van der Waals surface area (Å²) in [5.74, 6) is 1.26. The van der Waals surface area contributed by atoms with E-state index in [1.165, 1.54) is 7.11 Å². The number of aromatic nitrogens is 2. The molecule has 0 saturated heterocycles. The first-order valence-electron chi connectivity index (χ1n) is 9.45. The van der Waals surface area contributed by atoms with E-state index >= 15 is 0 Å². The lowest BCUT2D eigenvalue weighted by Crippen LogP contribution is -2.37. The van der Waals surface area contributed by atoms with Crippen molar-refractivity contribution in [2.45, 2.75) is 45.4 Å². The number of hydrogen-bond donors (Lipinski definition) is 1. The summed E-state index contributed by atoms with van der Waals surface area (Å²) < 4.78 is 22.4. The third kappa shape index (κ3) is 6.40. The molecule has 1 atom stereocenters. The van der Waals surface area contributed by atoms with Crippen LogP contribution in [0.4, 0.5) is 4.79 Å². The number of carbonyl (C=O) groups is 2. The van der Waals surface area contributed by atoms with Crippen LogP contribution in [0.5, 0.6) is 11.5 Å².